The molecule has 0 unspecified atom stereocenters. The van der Waals surface area contributed by atoms with Crippen LogP contribution in [0.5, 0.6) is 0 Å². The van der Waals surface area contributed by atoms with Gasteiger partial charge in [0.1, 0.15) is 5.70 Å². The van der Waals surface area contributed by atoms with Crippen LogP contribution in [-0.4, -0.2) is 28.5 Å². The Hall–Kier alpha value is 0.400. The average molecular weight is 512 g/mol. The summed E-state index contributed by atoms with van der Waals surface area (Å²) in [5.41, 5.74) is 2.63. The summed E-state index contributed by atoms with van der Waals surface area (Å²) in [6.45, 7) is 2.46. The van der Waals surface area contributed by atoms with E-state index in [2.05, 4.69) is 50.9 Å². The van der Waals surface area contributed by atoms with Crippen LogP contribution in [0.2, 0.25) is 0 Å². The largest absolute Gasteiger partial charge is 1.00 e. The van der Waals surface area contributed by atoms with E-state index in [1.54, 1.807) is 5.70 Å². The summed E-state index contributed by atoms with van der Waals surface area (Å²) in [6.07, 6.45) is 4.02. The molecular formula is C15H18I2N2S. The summed E-state index contributed by atoms with van der Waals surface area (Å²) >= 11 is 4.32. The lowest BCUT2D eigenvalue weighted by molar-refractivity contribution is -0.801. The maximum absolute atomic E-state index is 4.94. The normalized spacial score (nSPS) is 25.1. The van der Waals surface area contributed by atoms with Gasteiger partial charge in [-0.15, -0.1) is 0 Å². The van der Waals surface area contributed by atoms with E-state index in [0.29, 0.717) is 0 Å². The Morgan fingerprint density at radius 1 is 1.10 bits per heavy atom. The minimum absolute atomic E-state index is 0. The lowest BCUT2D eigenvalue weighted by atomic mass is 10.1. The molecule has 1 aromatic carbocycles. The van der Waals surface area contributed by atoms with Crippen LogP contribution in [0.3, 0.4) is 0 Å². The van der Waals surface area contributed by atoms with E-state index in [1.165, 1.54) is 37.5 Å². The number of thioether (sulfide) groups is 1. The molecular weight excluding hydrogens is 494 g/mol. The molecule has 0 N–H and O–H groups in total. The van der Waals surface area contributed by atoms with Gasteiger partial charge in [0.05, 0.1) is 24.5 Å². The third kappa shape index (κ3) is 3.25. The van der Waals surface area contributed by atoms with E-state index < -0.39 is 0 Å². The summed E-state index contributed by atoms with van der Waals surface area (Å²) in [5.74, 6) is 1.11. The fraction of sp³-hybridized carbons (Fsp3) is 0.400. The van der Waals surface area contributed by atoms with Crippen LogP contribution in [0.4, 0.5) is 5.69 Å². The quantitative estimate of drug-likeness (QED) is 0.413. The van der Waals surface area contributed by atoms with Crippen LogP contribution >= 0.6 is 34.4 Å². The SMILES string of the molecule is I/C=C1/CSC(=Nc2ccccc2)[N+]12CCCCC2.[I-]. The van der Waals surface area contributed by atoms with Crippen molar-refractivity contribution in [3.63, 3.8) is 0 Å². The lowest BCUT2D eigenvalue weighted by Crippen LogP contribution is -3.00. The molecule has 0 aliphatic carbocycles. The van der Waals surface area contributed by atoms with Crippen LogP contribution in [0.1, 0.15) is 19.3 Å². The highest BCUT2D eigenvalue weighted by Gasteiger charge is 2.45. The zero-order chi connectivity index (χ0) is 13.1. The number of aliphatic imine (C=N–C) groups is 1. The molecule has 0 saturated carbocycles. The molecule has 0 aromatic heterocycles. The van der Waals surface area contributed by atoms with Crippen molar-refractivity contribution in [3.05, 3.63) is 40.1 Å². The van der Waals surface area contributed by atoms with Gasteiger partial charge in [0.15, 0.2) is 0 Å². The predicted octanol–water partition coefficient (Wildman–Crippen LogP) is 1.70. The smallest absolute Gasteiger partial charge is 0.269 e. The van der Waals surface area contributed by atoms with Crippen molar-refractivity contribution in [1.29, 1.82) is 0 Å². The van der Waals surface area contributed by atoms with Gasteiger partial charge >= 0.3 is 0 Å². The number of rotatable bonds is 1. The molecule has 108 valence electrons. The first-order valence-electron chi connectivity index (χ1n) is 6.79. The number of benzene rings is 1. The number of nitrogens with zero attached hydrogens (tertiary/aromatic N) is 2. The van der Waals surface area contributed by atoms with Gasteiger partial charge in [-0.25, -0.2) is 4.48 Å². The Morgan fingerprint density at radius 3 is 2.45 bits per heavy atom. The summed E-state index contributed by atoms with van der Waals surface area (Å²) < 4.78 is 3.31. The van der Waals surface area contributed by atoms with Crippen LogP contribution in [0.25, 0.3) is 0 Å². The third-order valence-electron chi connectivity index (χ3n) is 3.95. The number of quaternary nitrogens is 1. The Kier molecular flexibility index (Phi) is 6.37. The van der Waals surface area contributed by atoms with Crippen LogP contribution in [-0.2, 0) is 0 Å². The van der Waals surface area contributed by atoms with Gasteiger partial charge in [0.2, 0.25) is 0 Å². The van der Waals surface area contributed by atoms with E-state index in [4.69, 9.17) is 4.99 Å². The van der Waals surface area contributed by atoms with Crippen molar-refractivity contribution in [2.75, 3.05) is 18.8 Å². The van der Waals surface area contributed by atoms with Gasteiger partial charge in [0, 0.05) is 4.08 Å². The molecule has 2 nitrogen and oxygen atoms in total. The molecule has 0 atom stereocenters. The summed E-state index contributed by atoms with van der Waals surface area (Å²) in [5, 5.41) is 1.30. The topological polar surface area (TPSA) is 12.4 Å². The van der Waals surface area contributed by atoms with E-state index in [0.717, 1.165) is 15.9 Å². The Labute approximate surface area is 155 Å². The minimum Gasteiger partial charge on any atom is -1.00 e. The molecule has 0 amide bonds. The molecule has 20 heavy (non-hydrogen) atoms. The van der Waals surface area contributed by atoms with Gasteiger partial charge in [-0.3, -0.25) is 0 Å². The zero-order valence-electron chi connectivity index (χ0n) is 11.3. The number of hydrogen-bond donors (Lipinski definition) is 0. The van der Waals surface area contributed by atoms with Gasteiger partial charge in [-0.2, -0.15) is 4.99 Å². The van der Waals surface area contributed by atoms with E-state index in [9.17, 15) is 0 Å². The Bertz CT molecular complexity index is 508. The highest BCUT2D eigenvalue weighted by molar-refractivity contribution is 14.1. The van der Waals surface area contributed by atoms with E-state index in [1.807, 2.05) is 17.8 Å². The highest BCUT2D eigenvalue weighted by atomic mass is 127. The molecule has 2 aliphatic rings. The van der Waals surface area contributed by atoms with Crippen molar-refractivity contribution in [2.45, 2.75) is 19.3 Å². The molecule has 0 bridgehead atoms. The number of piperidine rings is 1. The van der Waals surface area contributed by atoms with Crippen LogP contribution in [0.15, 0.2) is 45.1 Å². The predicted molar refractivity (Wildman–Crippen MR) is 91.9 cm³/mol. The minimum atomic E-state index is 0. The monoisotopic (exact) mass is 512 g/mol. The molecule has 2 saturated heterocycles. The molecule has 2 heterocycles. The van der Waals surface area contributed by atoms with Gasteiger partial charge in [-0.05, 0) is 65.7 Å². The first-order chi connectivity index (χ1) is 9.35. The van der Waals surface area contributed by atoms with Gasteiger partial charge in [0.25, 0.3) is 5.17 Å². The van der Waals surface area contributed by atoms with Crippen molar-refractivity contribution in [1.82, 2.24) is 0 Å². The molecule has 0 radical (unpaired) electrons. The number of para-hydroxylation sites is 1. The molecule has 2 fully saturated rings. The molecule has 1 spiro atoms. The fourth-order valence-corrected chi connectivity index (χ4v) is 5.28. The van der Waals surface area contributed by atoms with E-state index >= 15 is 0 Å². The molecule has 5 heteroatoms. The Morgan fingerprint density at radius 2 is 1.80 bits per heavy atom. The first kappa shape index (κ1) is 16.8. The van der Waals surface area contributed by atoms with Crippen LogP contribution in [0, 0.1) is 0 Å². The second-order valence-electron chi connectivity index (χ2n) is 5.09. The molecule has 1 aromatic rings. The fourth-order valence-electron chi connectivity index (χ4n) is 2.90. The third-order valence-corrected chi connectivity index (χ3v) is 5.81. The summed E-state index contributed by atoms with van der Waals surface area (Å²) in [7, 11) is 0. The second kappa shape index (κ2) is 7.60. The van der Waals surface area contributed by atoms with Crippen molar-refractivity contribution < 1.29 is 28.5 Å². The average Bonchev–Trinajstić information content (AvgIpc) is 2.79. The molecule has 2 aliphatic heterocycles. The standard InChI is InChI=1S/C15H18IN2S.HI/c16-11-14-12-19-15(17-13-7-3-1-4-8-13)18(14)9-5-2-6-10-18;/h1,3-4,7-8,11H,2,5-6,9-10,12H2;1H/q+1;/p-1/b14-11-,17-15?;. The number of halogens is 2. The maximum Gasteiger partial charge on any atom is 0.269 e. The second-order valence-corrected chi connectivity index (χ2v) is 6.66. The van der Waals surface area contributed by atoms with E-state index in [-0.39, 0.29) is 24.0 Å². The summed E-state index contributed by atoms with van der Waals surface area (Å²) in [4.78, 5) is 4.94. The van der Waals surface area contributed by atoms with Gasteiger partial charge in [-0.1, -0.05) is 18.2 Å². The zero-order valence-corrected chi connectivity index (χ0v) is 16.4. The van der Waals surface area contributed by atoms with Crippen molar-refractivity contribution in [2.24, 2.45) is 4.99 Å². The Balaban J connectivity index is 0.00000147. The highest BCUT2D eigenvalue weighted by Crippen LogP contribution is 2.40. The number of hydrogen-bond acceptors (Lipinski definition) is 2. The maximum atomic E-state index is 4.94. The van der Waals surface area contributed by atoms with Gasteiger partial charge < -0.3 is 24.0 Å². The number of amidine groups is 1. The molecule has 3 rings (SSSR count). The van der Waals surface area contributed by atoms with Crippen molar-refractivity contribution in [3.8, 4) is 0 Å². The summed E-state index contributed by atoms with van der Waals surface area (Å²) in [6, 6.07) is 10.4. The van der Waals surface area contributed by atoms with Crippen LogP contribution < -0.4 is 24.0 Å². The first-order valence-corrected chi connectivity index (χ1v) is 9.02. The lowest BCUT2D eigenvalue weighted by Gasteiger charge is -2.36. The van der Waals surface area contributed by atoms with Crippen molar-refractivity contribution >= 4 is 45.2 Å².